The topological polar surface area (TPSA) is 72.6 Å². The molecule has 5 nitrogen and oxygen atoms in total. The van der Waals surface area contributed by atoms with Gasteiger partial charge in [-0.3, -0.25) is 9.59 Å². The highest BCUT2D eigenvalue weighted by molar-refractivity contribution is 7.10. The Morgan fingerprint density at radius 3 is 2.83 bits per heavy atom. The molecule has 23 heavy (non-hydrogen) atoms. The number of para-hydroxylation sites is 1. The molecule has 1 atom stereocenters. The van der Waals surface area contributed by atoms with Gasteiger partial charge in [0.1, 0.15) is 5.75 Å². The third kappa shape index (κ3) is 3.37. The van der Waals surface area contributed by atoms with E-state index in [0.717, 1.165) is 19.4 Å². The molecule has 2 heterocycles. The third-order valence-electron chi connectivity index (χ3n) is 3.95. The zero-order valence-corrected chi connectivity index (χ0v) is 13.4. The van der Waals surface area contributed by atoms with Gasteiger partial charge in [-0.15, -0.1) is 11.3 Å². The van der Waals surface area contributed by atoms with E-state index >= 15 is 0 Å². The minimum absolute atomic E-state index is 0.0693. The van der Waals surface area contributed by atoms with Crippen molar-refractivity contribution in [3.05, 3.63) is 52.2 Å². The Morgan fingerprint density at radius 2 is 2.09 bits per heavy atom. The molecule has 2 aromatic rings. The highest BCUT2D eigenvalue weighted by atomic mass is 32.1. The maximum Gasteiger partial charge on any atom is 0.261 e. The van der Waals surface area contributed by atoms with Gasteiger partial charge in [0.2, 0.25) is 0 Å². The summed E-state index contributed by atoms with van der Waals surface area (Å²) in [6.07, 6.45) is 1.97. The second kappa shape index (κ2) is 6.83. The monoisotopic (exact) mass is 330 g/mol. The van der Waals surface area contributed by atoms with Crippen LogP contribution in [0.4, 0.5) is 0 Å². The van der Waals surface area contributed by atoms with Gasteiger partial charge < -0.3 is 15.4 Å². The molecule has 0 spiro atoms. The number of rotatable bonds is 5. The third-order valence-corrected chi connectivity index (χ3v) is 4.92. The van der Waals surface area contributed by atoms with Crippen LogP contribution in [0, 0.1) is 0 Å². The largest absolute Gasteiger partial charge is 0.483 e. The lowest BCUT2D eigenvalue weighted by Gasteiger charge is -2.24. The Morgan fingerprint density at radius 1 is 1.26 bits per heavy atom. The fraction of sp³-hybridized carbons (Fsp3) is 0.294. The van der Waals surface area contributed by atoms with E-state index < -0.39 is 5.91 Å². The second-order valence-electron chi connectivity index (χ2n) is 5.41. The number of thiophene rings is 1. The fourth-order valence-electron chi connectivity index (χ4n) is 2.86. The molecule has 1 aliphatic heterocycles. The molecule has 2 N–H and O–H groups in total. The first-order chi connectivity index (χ1) is 11.2. The lowest BCUT2D eigenvalue weighted by atomic mass is 10.2. The number of nitrogens with zero attached hydrogens (tertiary/aromatic N) is 1. The maximum atomic E-state index is 12.5. The Balaban J connectivity index is 1.67. The van der Waals surface area contributed by atoms with Crippen molar-refractivity contribution in [2.24, 2.45) is 5.73 Å². The van der Waals surface area contributed by atoms with Gasteiger partial charge in [-0.25, -0.2) is 0 Å². The Bertz CT molecular complexity index is 700. The van der Waals surface area contributed by atoms with E-state index in [4.69, 9.17) is 10.5 Å². The molecule has 1 unspecified atom stereocenters. The van der Waals surface area contributed by atoms with E-state index in [1.54, 1.807) is 35.6 Å². The molecule has 0 radical (unpaired) electrons. The van der Waals surface area contributed by atoms with Crippen LogP contribution < -0.4 is 10.5 Å². The van der Waals surface area contributed by atoms with Gasteiger partial charge in [-0.2, -0.15) is 0 Å². The second-order valence-corrected chi connectivity index (χ2v) is 6.39. The van der Waals surface area contributed by atoms with Gasteiger partial charge in [0.05, 0.1) is 11.6 Å². The minimum atomic E-state index is -0.564. The molecule has 1 aliphatic rings. The van der Waals surface area contributed by atoms with E-state index in [-0.39, 0.29) is 24.1 Å². The van der Waals surface area contributed by atoms with Crippen LogP contribution in [0.3, 0.4) is 0 Å². The van der Waals surface area contributed by atoms with Crippen LogP contribution >= 0.6 is 11.3 Å². The van der Waals surface area contributed by atoms with Gasteiger partial charge in [0.15, 0.2) is 6.61 Å². The van der Waals surface area contributed by atoms with Crippen LogP contribution in [-0.4, -0.2) is 29.9 Å². The molecule has 3 rings (SSSR count). The molecule has 0 saturated carbocycles. The normalized spacial score (nSPS) is 17.2. The first-order valence-corrected chi connectivity index (χ1v) is 8.39. The van der Waals surface area contributed by atoms with Crippen molar-refractivity contribution in [1.29, 1.82) is 0 Å². The summed E-state index contributed by atoms with van der Waals surface area (Å²) in [7, 11) is 0. The van der Waals surface area contributed by atoms with Gasteiger partial charge in [-0.1, -0.05) is 18.2 Å². The summed E-state index contributed by atoms with van der Waals surface area (Å²) in [5, 5.41) is 2.02. The molecule has 1 aromatic heterocycles. The standard InChI is InChI=1S/C17H18N2O3S/c18-17(21)12-5-1-2-7-14(12)22-11-16(20)19-9-3-6-13(19)15-8-4-10-23-15/h1-2,4-5,7-8,10,13H,3,6,9,11H2,(H2,18,21). The van der Waals surface area contributed by atoms with Crippen LogP contribution in [-0.2, 0) is 4.79 Å². The van der Waals surface area contributed by atoms with Crippen molar-refractivity contribution in [2.75, 3.05) is 13.2 Å². The van der Waals surface area contributed by atoms with Crippen LogP contribution in [0.25, 0.3) is 0 Å². The highest BCUT2D eigenvalue weighted by Crippen LogP contribution is 2.34. The Kier molecular flexibility index (Phi) is 4.62. The number of ether oxygens (including phenoxy) is 1. The molecule has 1 saturated heterocycles. The summed E-state index contributed by atoms with van der Waals surface area (Å²) in [5.41, 5.74) is 5.60. The number of carbonyl (C=O) groups excluding carboxylic acids is 2. The smallest absolute Gasteiger partial charge is 0.261 e. The molecule has 6 heteroatoms. The number of likely N-dealkylation sites (tertiary alicyclic amines) is 1. The number of hydrogen-bond donors (Lipinski definition) is 1. The summed E-state index contributed by atoms with van der Waals surface area (Å²) < 4.78 is 5.55. The Labute approximate surface area is 138 Å². The van der Waals surface area contributed by atoms with Crippen LogP contribution in [0.1, 0.15) is 34.1 Å². The number of hydrogen-bond acceptors (Lipinski definition) is 4. The predicted octanol–water partition coefficient (Wildman–Crippen LogP) is 2.59. The molecular formula is C17H18N2O3S. The first kappa shape index (κ1) is 15.6. The first-order valence-electron chi connectivity index (χ1n) is 7.51. The fourth-order valence-corrected chi connectivity index (χ4v) is 3.73. The minimum Gasteiger partial charge on any atom is -0.483 e. The molecule has 0 aliphatic carbocycles. The summed E-state index contributed by atoms with van der Waals surface area (Å²) in [5.74, 6) is -0.286. The summed E-state index contributed by atoms with van der Waals surface area (Å²) in [4.78, 5) is 26.9. The zero-order valence-electron chi connectivity index (χ0n) is 12.6. The van der Waals surface area contributed by atoms with Crippen LogP contribution in [0.2, 0.25) is 0 Å². The van der Waals surface area contributed by atoms with Crippen molar-refractivity contribution < 1.29 is 14.3 Å². The lowest BCUT2D eigenvalue weighted by Crippen LogP contribution is -2.34. The molecular weight excluding hydrogens is 312 g/mol. The van der Waals surface area contributed by atoms with Gasteiger partial charge >= 0.3 is 0 Å². The van der Waals surface area contributed by atoms with E-state index in [9.17, 15) is 9.59 Å². The maximum absolute atomic E-state index is 12.5. The van der Waals surface area contributed by atoms with Crippen molar-refractivity contribution in [3.63, 3.8) is 0 Å². The summed E-state index contributed by atoms with van der Waals surface area (Å²) in [6.45, 7) is 0.647. The molecule has 2 amide bonds. The number of nitrogens with two attached hydrogens (primary N) is 1. The van der Waals surface area contributed by atoms with E-state index in [2.05, 4.69) is 6.07 Å². The SMILES string of the molecule is NC(=O)c1ccccc1OCC(=O)N1CCCC1c1cccs1. The van der Waals surface area contributed by atoms with Gasteiger partial charge in [0.25, 0.3) is 11.8 Å². The molecule has 120 valence electrons. The van der Waals surface area contributed by atoms with E-state index in [1.165, 1.54) is 4.88 Å². The summed E-state index contributed by atoms with van der Waals surface area (Å²) >= 11 is 1.67. The lowest BCUT2D eigenvalue weighted by molar-refractivity contribution is -0.134. The predicted molar refractivity (Wildman–Crippen MR) is 88.5 cm³/mol. The van der Waals surface area contributed by atoms with E-state index in [1.807, 2.05) is 16.3 Å². The van der Waals surface area contributed by atoms with Crippen LogP contribution in [0.5, 0.6) is 5.75 Å². The van der Waals surface area contributed by atoms with Gasteiger partial charge in [0, 0.05) is 11.4 Å². The number of carbonyl (C=O) groups is 2. The van der Waals surface area contributed by atoms with Gasteiger partial charge in [-0.05, 0) is 36.4 Å². The molecule has 1 aromatic carbocycles. The summed E-state index contributed by atoms with van der Waals surface area (Å²) in [6, 6.07) is 10.9. The number of benzene rings is 1. The van der Waals surface area contributed by atoms with Crippen molar-refractivity contribution >= 4 is 23.2 Å². The quantitative estimate of drug-likeness (QED) is 0.916. The number of amides is 2. The average Bonchev–Trinajstić information content (AvgIpc) is 3.23. The van der Waals surface area contributed by atoms with E-state index in [0.29, 0.717) is 5.75 Å². The molecule has 1 fully saturated rings. The van der Waals surface area contributed by atoms with Crippen LogP contribution in [0.15, 0.2) is 41.8 Å². The zero-order chi connectivity index (χ0) is 16.2. The number of primary amides is 1. The van der Waals surface area contributed by atoms with Crippen molar-refractivity contribution in [3.8, 4) is 5.75 Å². The highest BCUT2D eigenvalue weighted by Gasteiger charge is 2.30. The van der Waals surface area contributed by atoms with Crippen molar-refractivity contribution in [1.82, 2.24) is 4.90 Å². The molecule has 0 bridgehead atoms. The average molecular weight is 330 g/mol. The van der Waals surface area contributed by atoms with Crippen molar-refractivity contribution in [2.45, 2.75) is 18.9 Å². The Hall–Kier alpha value is -2.34.